The van der Waals surface area contributed by atoms with Crippen LogP contribution in [0.3, 0.4) is 0 Å². The number of anilines is 1. The summed E-state index contributed by atoms with van der Waals surface area (Å²) < 4.78 is 27.6. The number of hydrogen-bond donors (Lipinski definition) is 1. The molecular weight excluding hydrogens is 332 g/mol. The maximum Gasteiger partial charge on any atom is 0.283 e. The maximum atomic E-state index is 12.0. The molecule has 8 nitrogen and oxygen atoms in total. The van der Waals surface area contributed by atoms with Gasteiger partial charge in [0.2, 0.25) is 10.2 Å². The van der Waals surface area contributed by atoms with Gasteiger partial charge in [-0.1, -0.05) is 16.6 Å². The summed E-state index contributed by atoms with van der Waals surface area (Å²) in [6.45, 7) is 1.73. The Morgan fingerprint density at radius 2 is 2.06 bits per heavy atom. The lowest BCUT2D eigenvalue weighted by atomic mass is 10.9. The van der Waals surface area contributed by atoms with Crippen molar-refractivity contribution in [2.45, 2.75) is 11.9 Å². The lowest BCUT2D eigenvalue weighted by molar-refractivity contribution is 0.578. The largest absolute Gasteiger partial charge is 0.283 e. The minimum atomic E-state index is -3.77. The fourth-order valence-electron chi connectivity index (χ4n) is 1.11. The van der Waals surface area contributed by atoms with Gasteiger partial charge in [0.25, 0.3) is 10.0 Å². The van der Waals surface area contributed by atoms with E-state index in [9.17, 15) is 8.42 Å². The van der Waals surface area contributed by atoms with Gasteiger partial charge in [0.05, 0.1) is 0 Å². The SMILES string of the molecule is Cc1nnc(NS(=O)(=O)c2c(Br)nnn2C)s1. The van der Waals surface area contributed by atoms with Gasteiger partial charge >= 0.3 is 0 Å². The van der Waals surface area contributed by atoms with Crippen molar-refractivity contribution in [3.8, 4) is 0 Å². The van der Waals surface area contributed by atoms with E-state index < -0.39 is 10.0 Å². The molecule has 0 fully saturated rings. The van der Waals surface area contributed by atoms with Crippen LogP contribution in [0.1, 0.15) is 5.01 Å². The minimum Gasteiger partial charge on any atom is -0.252 e. The van der Waals surface area contributed by atoms with E-state index in [1.807, 2.05) is 0 Å². The highest BCUT2D eigenvalue weighted by molar-refractivity contribution is 9.10. The second kappa shape index (κ2) is 4.31. The van der Waals surface area contributed by atoms with E-state index in [-0.39, 0.29) is 14.8 Å². The molecule has 2 aromatic rings. The summed E-state index contributed by atoms with van der Waals surface area (Å²) in [6, 6.07) is 0. The van der Waals surface area contributed by atoms with Crippen LogP contribution in [0, 0.1) is 6.92 Å². The first-order valence-electron chi connectivity index (χ1n) is 4.28. The van der Waals surface area contributed by atoms with Gasteiger partial charge in [0.15, 0.2) is 4.60 Å². The summed E-state index contributed by atoms with van der Waals surface area (Å²) >= 11 is 4.17. The van der Waals surface area contributed by atoms with Crippen molar-refractivity contribution >= 4 is 42.4 Å². The number of sulfonamides is 1. The summed E-state index contributed by atoms with van der Waals surface area (Å²) in [7, 11) is -2.29. The molecule has 0 amide bonds. The van der Waals surface area contributed by atoms with Crippen molar-refractivity contribution in [2.75, 3.05) is 4.72 Å². The van der Waals surface area contributed by atoms with E-state index in [1.165, 1.54) is 7.05 Å². The average Bonchev–Trinajstić information content (AvgIpc) is 2.73. The highest BCUT2D eigenvalue weighted by Gasteiger charge is 2.25. The number of aryl methyl sites for hydroxylation is 2. The predicted octanol–water partition coefficient (Wildman–Crippen LogP) is 0.538. The molecule has 0 unspecified atom stereocenters. The van der Waals surface area contributed by atoms with Crippen LogP contribution in [0.15, 0.2) is 9.63 Å². The van der Waals surface area contributed by atoms with Crippen molar-refractivity contribution in [1.29, 1.82) is 0 Å². The van der Waals surface area contributed by atoms with Crippen LogP contribution < -0.4 is 4.72 Å². The van der Waals surface area contributed by atoms with Crippen LogP contribution in [0.5, 0.6) is 0 Å². The Bertz CT molecular complexity index is 628. The maximum absolute atomic E-state index is 12.0. The number of nitrogens with one attached hydrogen (secondary N) is 1. The molecule has 2 rings (SSSR count). The number of aromatic nitrogens is 5. The molecule has 17 heavy (non-hydrogen) atoms. The third kappa shape index (κ3) is 2.45. The van der Waals surface area contributed by atoms with Crippen molar-refractivity contribution in [1.82, 2.24) is 25.2 Å². The van der Waals surface area contributed by atoms with Crippen molar-refractivity contribution in [3.05, 3.63) is 9.61 Å². The first-order chi connectivity index (χ1) is 7.90. The molecule has 0 aliphatic heterocycles. The lowest BCUT2D eigenvalue weighted by Gasteiger charge is -2.03. The van der Waals surface area contributed by atoms with Crippen LogP contribution in [0.2, 0.25) is 0 Å². The molecule has 0 saturated heterocycles. The van der Waals surface area contributed by atoms with Gasteiger partial charge in [0.1, 0.15) is 5.01 Å². The van der Waals surface area contributed by atoms with E-state index in [0.29, 0.717) is 5.01 Å². The first-order valence-corrected chi connectivity index (χ1v) is 7.37. The van der Waals surface area contributed by atoms with Gasteiger partial charge in [-0.2, -0.15) is 8.42 Å². The minimum absolute atomic E-state index is 0.0645. The Labute approximate surface area is 109 Å². The Balaban J connectivity index is 2.38. The molecule has 0 saturated carbocycles. The Morgan fingerprint density at radius 1 is 1.35 bits per heavy atom. The zero-order chi connectivity index (χ0) is 12.6. The Morgan fingerprint density at radius 3 is 2.53 bits per heavy atom. The molecule has 0 bridgehead atoms. The first kappa shape index (κ1) is 12.4. The lowest BCUT2D eigenvalue weighted by Crippen LogP contribution is -2.17. The quantitative estimate of drug-likeness (QED) is 0.875. The van der Waals surface area contributed by atoms with Gasteiger partial charge < -0.3 is 0 Å². The monoisotopic (exact) mass is 338 g/mol. The molecule has 0 aliphatic carbocycles. The van der Waals surface area contributed by atoms with Crippen LogP contribution in [0.25, 0.3) is 0 Å². The molecule has 0 aliphatic rings. The Kier molecular flexibility index (Phi) is 3.14. The Hall–Kier alpha value is -1.07. The zero-order valence-corrected chi connectivity index (χ0v) is 12.0. The van der Waals surface area contributed by atoms with Crippen molar-refractivity contribution in [3.63, 3.8) is 0 Å². The molecule has 92 valence electrons. The van der Waals surface area contributed by atoms with E-state index in [2.05, 4.69) is 41.2 Å². The van der Waals surface area contributed by atoms with E-state index in [0.717, 1.165) is 16.0 Å². The highest BCUT2D eigenvalue weighted by atomic mass is 79.9. The summed E-state index contributed by atoms with van der Waals surface area (Å²) in [4.78, 5) is 0. The molecule has 2 heterocycles. The molecule has 2 aromatic heterocycles. The predicted molar refractivity (Wildman–Crippen MR) is 64.2 cm³/mol. The summed E-state index contributed by atoms with van der Waals surface area (Å²) in [5.74, 6) is 0. The molecule has 0 radical (unpaired) electrons. The van der Waals surface area contributed by atoms with E-state index in [1.54, 1.807) is 6.92 Å². The normalized spacial score (nSPS) is 11.7. The van der Waals surface area contributed by atoms with Crippen LogP contribution in [0.4, 0.5) is 5.13 Å². The summed E-state index contributed by atoms with van der Waals surface area (Å²) in [6.07, 6.45) is 0. The van der Waals surface area contributed by atoms with Gasteiger partial charge in [0, 0.05) is 7.05 Å². The van der Waals surface area contributed by atoms with Gasteiger partial charge in [-0.05, 0) is 22.9 Å². The topological polar surface area (TPSA) is 103 Å². The third-order valence-electron chi connectivity index (χ3n) is 1.74. The fourth-order valence-corrected chi connectivity index (χ4v) is 4.03. The average molecular weight is 339 g/mol. The van der Waals surface area contributed by atoms with Gasteiger partial charge in [-0.25, -0.2) is 4.68 Å². The fraction of sp³-hybridized carbons (Fsp3) is 0.333. The zero-order valence-electron chi connectivity index (χ0n) is 8.75. The molecule has 0 atom stereocenters. The van der Waals surface area contributed by atoms with E-state index in [4.69, 9.17) is 0 Å². The molecule has 0 spiro atoms. The highest BCUT2D eigenvalue weighted by Crippen LogP contribution is 2.22. The number of rotatable bonds is 3. The van der Waals surface area contributed by atoms with Crippen LogP contribution in [-0.4, -0.2) is 33.6 Å². The van der Waals surface area contributed by atoms with Gasteiger partial charge in [-0.15, -0.1) is 15.3 Å². The molecular formula is C6H7BrN6O2S2. The van der Waals surface area contributed by atoms with Crippen LogP contribution >= 0.6 is 27.3 Å². The molecule has 11 heteroatoms. The molecule has 0 aromatic carbocycles. The standard InChI is InChI=1S/C6H7BrN6O2S2/c1-3-8-10-6(16-3)11-17(14,15)5-4(7)9-12-13(5)2/h1-2H3,(H,10,11). The smallest absolute Gasteiger partial charge is 0.252 e. The molecule has 1 N–H and O–H groups in total. The number of hydrogen-bond acceptors (Lipinski definition) is 7. The number of nitrogens with zero attached hydrogens (tertiary/aromatic N) is 5. The van der Waals surface area contributed by atoms with Crippen molar-refractivity contribution in [2.24, 2.45) is 7.05 Å². The summed E-state index contributed by atoms with van der Waals surface area (Å²) in [5.41, 5.74) is 0. The van der Waals surface area contributed by atoms with Crippen molar-refractivity contribution < 1.29 is 8.42 Å². The second-order valence-corrected chi connectivity index (χ2v) is 6.57. The number of halogens is 1. The van der Waals surface area contributed by atoms with Crippen LogP contribution in [-0.2, 0) is 17.1 Å². The summed E-state index contributed by atoms with van der Waals surface area (Å²) in [5, 5.41) is 15.4. The van der Waals surface area contributed by atoms with Gasteiger partial charge in [-0.3, -0.25) is 4.72 Å². The van der Waals surface area contributed by atoms with E-state index >= 15 is 0 Å². The third-order valence-corrected chi connectivity index (χ3v) is 4.85. The second-order valence-electron chi connectivity index (χ2n) is 3.04.